The maximum atomic E-state index is 11.4. The van der Waals surface area contributed by atoms with Gasteiger partial charge in [-0.25, -0.2) is 14.3 Å². The number of carboxylic acid groups (broad SMARTS) is 1. The Morgan fingerprint density at radius 2 is 2.03 bits per heavy atom. The third-order valence-corrected chi connectivity index (χ3v) is 5.54. The molecule has 4 rings (SSSR count). The lowest BCUT2D eigenvalue weighted by Crippen LogP contribution is -2.28. The van der Waals surface area contributed by atoms with Crippen LogP contribution in [0.3, 0.4) is 0 Å². The third kappa shape index (κ3) is 4.04. The summed E-state index contributed by atoms with van der Waals surface area (Å²) in [6.45, 7) is 3.71. The highest BCUT2D eigenvalue weighted by Crippen LogP contribution is 2.33. The van der Waals surface area contributed by atoms with E-state index in [0.29, 0.717) is 6.54 Å². The normalized spacial score (nSPS) is 16.4. The number of rotatable bonds is 7. The predicted molar refractivity (Wildman–Crippen MR) is 113 cm³/mol. The fraction of sp³-hybridized carbons (Fsp3) is 0.409. The number of aromatic nitrogens is 3. The molecule has 1 aliphatic heterocycles. The van der Waals surface area contributed by atoms with Crippen LogP contribution in [0, 0.1) is 0 Å². The summed E-state index contributed by atoms with van der Waals surface area (Å²) in [4.78, 5) is 17.4. The Bertz CT molecular complexity index is 983. The SMILES string of the molecule is CCCCCNc1ccc2ncc(-c3ccc(C4CCCN4C(=O)O)cc3)n2n1. The molecule has 1 fully saturated rings. The zero-order valence-electron chi connectivity index (χ0n) is 16.7. The molecule has 1 unspecified atom stereocenters. The van der Waals surface area contributed by atoms with Gasteiger partial charge < -0.3 is 15.3 Å². The first-order valence-electron chi connectivity index (χ1n) is 10.4. The van der Waals surface area contributed by atoms with Crippen molar-refractivity contribution in [3.05, 3.63) is 48.2 Å². The van der Waals surface area contributed by atoms with Gasteiger partial charge in [-0.1, -0.05) is 44.0 Å². The van der Waals surface area contributed by atoms with Crippen molar-refractivity contribution in [2.75, 3.05) is 18.4 Å². The maximum Gasteiger partial charge on any atom is 0.407 e. The van der Waals surface area contributed by atoms with E-state index in [-0.39, 0.29) is 6.04 Å². The van der Waals surface area contributed by atoms with Gasteiger partial charge in [0.1, 0.15) is 5.82 Å². The molecule has 1 aliphatic rings. The van der Waals surface area contributed by atoms with E-state index >= 15 is 0 Å². The molecule has 7 heteroatoms. The van der Waals surface area contributed by atoms with Crippen molar-refractivity contribution in [2.24, 2.45) is 0 Å². The first-order valence-corrected chi connectivity index (χ1v) is 10.4. The van der Waals surface area contributed by atoms with Gasteiger partial charge in [0, 0.05) is 18.7 Å². The van der Waals surface area contributed by atoms with Crippen molar-refractivity contribution in [2.45, 2.75) is 45.1 Å². The molecular formula is C22H27N5O2. The summed E-state index contributed by atoms with van der Waals surface area (Å²) < 4.78 is 1.86. The highest BCUT2D eigenvalue weighted by atomic mass is 16.4. The van der Waals surface area contributed by atoms with Gasteiger partial charge in [0.2, 0.25) is 0 Å². The van der Waals surface area contributed by atoms with Gasteiger partial charge in [0.05, 0.1) is 17.9 Å². The average Bonchev–Trinajstić information content (AvgIpc) is 3.38. The van der Waals surface area contributed by atoms with Crippen molar-refractivity contribution in [3.8, 4) is 11.3 Å². The van der Waals surface area contributed by atoms with Crippen LogP contribution in [-0.2, 0) is 0 Å². The molecule has 0 radical (unpaired) electrons. The molecule has 2 N–H and O–H groups in total. The van der Waals surface area contributed by atoms with E-state index in [4.69, 9.17) is 5.10 Å². The number of imidazole rings is 1. The Morgan fingerprint density at radius 1 is 1.21 bits per heavy atom. The number of carbonyl (C=O) groups is 1. The highest BCUT2D eigenvalue weighted by Gasteiger charge is 2.29. The molecule has 152 valence electrons. The molecule has 3 heterocycles. The highest BCUT2D eigenvalue weighted by molar-refractivity contribution is 5.67. The maximum absolute atomic E-state index is 11.4. The summed E-state index contributed by atoms with van der Waals surface area (Å²) in [6, 6.07) is 12.0. The molecule has 1 amide bonds. The predicted octanol–water partition coefficient (Wildman–Crippen LogP) is 4.81. The van der Waals surface area contributed by atoms with Crippen LogP contribution in [-0.4, -0.2) is 43.8 Å². The molecule has 7 nitrogen and oxygen atoms in total. The number of benzene rings is 1. The number of amides is 1. The summed E-state index contributed by atoms with van der Waals surface area (Å²) in [6.07, 6.45) is 6.29. The van der Waals surface area contributed by atoms with Gasteiger partial charge in [-0.3, -0.25) is 0 Å². The van der Waals surface area contributed by atoms with E-state index in [2.05, 4.69) is 17.2 Å². The van der Waals surface area contributed by atoms with Crippen molar-refractivity contribution in [1.82, 2.24) is 19.5 Å². The summed E-state index contributed by atoms with van der Waals surface area (Å²) in [5.74, 6) is 0.840. The first-order chi connectivity index (χ1) is 14.2. The number of fused-ring (bicyclic) bond motifs is 1. The lowest BCUT2D eigenvalue weighted by atomic mass is 10.0. The van der Waals surface area contributed by atoms with E-state index in [1.807, 2.05) is 47.1 Å². The molecule has 2 aromatic heterocycles. The summed E-state index contributed by atoms with van der Waals surface area (Å²) in [5.41, 5.74) is 3.77. The van der Waals surface area contributed by atoms with Gasteiger partial charge >= 0.3 is 6.09 Å². The van der Waals surface area contributed by atoms with Crippen LogP contribution in [0.2, 0.25) is 0 Å². The lowest BCUT2D eigenvalue weighted by Gasteiger charge is -2.22. The Labute approximate surface area is 170 Å². The second-order valence-electron chi connectivity index (χ2n) is 7.52. The minimum Gasteiger partial charge on any atom is -0.465 e. The van der Waals surface area contributed by atoms with E-state index in [9.17, 15) is 9.90 Å². The van der Waals surface area contributed by atoms with E-state index in [1.54, 1.807) is 0 Å². The largest absolute Gasteiger partial charge is 0.465 e. The van der Waals surface area contributed by atoms with Crippen molar-refractivity contribution >= 4 is 17.6 Å². The van der Waals surface area contributed by atoms with Gasteiger partial charge in [-0.15, -0.1) is 5.10 Å². The smallest absolute Gasteiger partial charge is 0.407 e. The van der Waals surface area contributed by atoms with Crippen molar-refractivity contribution in [3.63, 3.8) is 0 Å². The zero-order valence-corrected chi connectivity index (χ0v) is 16.7. The van der Waals surface area contributed by atoms with Crippen LogP contribution < -0.4 is 5.32 Å². The quantitative estimate of drug-likeness (QED) is 0.563. The second-order valence-corrected chi connectivity index (χ2v) is 7.52. The van der Waals surface area contributed by atoms with E-state index in [1.165, 1.54) is 17.7 Å². The van der Waals surface area contributed by atoms with Crippen LogP contribution in [0.4, 0.5) is 10.6 Å². The topological polar surface area (TPSA) is 82.8 Å². The molecule has 0 bridgehead atoms. The molecule has 0 aliphatic carbocycles. The molecular weight excluding hydrogens is 366 g/mol. The van der Waals surface area contributed by atoms with Crippen LogP contribution in [0.5, 0.6) is 0 Å². The second kappa shape index (κ2) is 8.51. The number of hydrogen-bond acceptors (Lipinski definition) is 4. The Balaban J connectivity index is 1.55. The van der Waals surface area contributed by atoms with Gasteiger partial charge in [-0.05, 0) is 37.0 Å². The fourth-order valence-electron chi connectivity index (χ4n) is 3.97. The van der Waals surface area contributed by atoms with E-state index in [0.717, 1.165) is 54.1 Å². The number of unbranched alkanes of at least 4 members (excludes halogenated alkanes) is 2. The van der Waals surface area contributed by atoms with Crippen LogP contribution in [0.1, 0.15) is 50.6 Å². The molecule has 29 heavy (non-hydrogen) atoms. The Morgan fingerprint density at radius 3 is 2.79 bits per heavy atom. The minimum atomic E-state index is -0.846. The van der Waals surface area contributed by atoms with Crippen molar-refractivity contribution < 1.29 is 9.90 Å². The summed E-state index contributed by atoms with van der Waals surface area (Å²) in [5, 5.41) is 17.5. The van der Waals surface area contributed by atoms with Crippen molar-refractivity contribution in [1.29, 1.82) is 0 Å². The first kappa shape index (κ1) is 19.2. The van der Waals surface area contributed by atoms with E-state index < -0.39 is 6.09 Å². The molecule has 1 atom stereocenters. The Kier molecular flexibility index (Phi) is 5.64. The van der Waals surface area contributed by atoms with Crippen LogP contribution >= 0.6 is 0 Å². The number of hydrogen-bond donors (Lipinski definition) is 2. The standard InChI is InChI=1S/C22H27N5O2/c1-2-3-4-13-23-20-11-12-21-24-15-19(27(21)25-20)17-9-7-16(8-10-17)18-6-5-14-26(18)22(28)29/h7-12,15,18H,2-6,13-14H2,1H3,(H,23,25)(H,28,29). The number of likely N-dealkylation sites (tertiary alicyclic amines) is 1. The summed E-state index contributed by atoms with van der Waals surface area (Å²) in [7, 11) is 0. The average molecular weight is 393 g/mol. The molecule has 0 saturated carbocycles. The summed E-state index contributed by atoms with van der Waals surface area (Å²) >= 11 is 0. The molecule has 1 saturated heterocycles. The van der Waals surface area contributed by atoms with Crippen LogP contribution in [0.25, 0.3) is 16.9 Å². The molecule has 0 spiro atoms. The number of anilines is 1. The third-order valence-electron chi connectivity index (χ3n) is 5.54. The number of nitrogens with one attached hydrogen (secondary N) is 1. The number of nitrogens with zero attached hydrogens (tertiary/aromatic N) is 4. The molecule has 3 aromatic rings. The lowest BCUT2D eigenvalue weighted by molar-refractivity contribution is 0.140. The zero-order chi connectivity index (χ0) is 20.2. The van der Waals surface area contributed by atoms with Gasteiger partial charge in [0.15, 0.2) is 5.65 Å². The fourth-order valence-corrected chi connectivity index (χ4v) is 3.97. The Hall–Kier alpha value is -3.09. The van der Waals surface area contributed by atoms with Gasteiger partial charge in [-0.2, -0.15) is 0 Å². The van der Waals surface area contributed by atoms with Gasteiger partial charge in [0.25, 0.3) is 0 Å². The minimum absolute atomic E-state index is 0.0548. The van der Waals surface area contributed by atoms with Crippen LogP contribution in [0.15, 0.2) is 42.6 Å². The monoisotopic (exact) mass is 393 g/mol. The molecule has 1 aromatic carbocycles.